The summed E-state index contributed by atoms with van der Waals surface area (Å²) in [6.45, 7) is 4.80. The Balaban J connectivity index is 1.11. The molecule has 3 aliphatic rings. The maximum atomic E-state index is 2.56. The Hall–Kier alpha value is -7.22. The molecule has 0 unspecified atom stereocenters. The molecule has 0 saturated heterocycles. The molecule has 59 heavy (non-hydrogen) atoms. The van der Waals surface area contributed by atoms with Crippen molar-refractivity contribution in [3.8, 4) is 33.4 Å². The van der Waals surface area contributed by atoms with Gasteiger partial charge in [-0.05, 0) is 129 Å². The topological polar surface area (TPSA) is 3.24 Å². The standard InChI is InChI=1S/C58H39N/c1-57(2)50-25-11-7-22-45(50)47-24-15-29-55(56(47)57)59(36-30-32-42-40-18-4-3-16-38(40)39-17-5-6-19-41(39)48(42)34-36)37-31-33-54-49(35-37)46-23-10-14-28-53(46)58(54)51-26-12-8-20-43(51)44-21-9-13-27-52(44)58/h3-35H,1-2H3. The van der Waals surface area contributed by atoms with Crippen LogP contribution in [0.5, 0.6) is 0 Å². The van der Waals surface area contributed by atoms with Crippen LogP contribution in [0, 0.1) is 0 Å². The first-order chi connectivity index (χ1) is 29.0. The highest BCUT2D eigenvalue weighted by Gasteiger charge is 2.51. The molecule has 0 fully saturated rings. The van der Waals surface area contributed by atoms with Crippen LogP contribution < -0.4 is 4.90 Å². The van der Waals surface area contributed by atoms with Gasteiger partial charge in [-0.25, -0.2) is 0 Å². The lowest BCUT2D eigenvalue weighted by Crippen LogP contribution is -2.26. The van der Waals surface area contributed by atoms with Gasteiger partial charge in [-0.3, -0.25) is 0 Å². The highest BCUT2D eigenvalue weighted by molar-refractivity contribution is 6.26. The second-order valence-electron chi connectivity index (χ2n) is 17.1. The Labute approximate surface area is 344 Å². The summed E-state index contributed by atoms with van der Waals surface area (Å²) in [6, 6.07) is 75.5. The van der Waals surface area contributed by atoms with Crippen LogP contribution >= 0.6 is 0 Å². The normalized spacial score (nSPS) is 14.5. The molecule has 1 nitrogen and oxygen atoms in total. The first-order valence-electron chi connectivity index (χ1n) is 20.9. The molecular formula is C58H39N. The molecule has 0 bridgehead atoms. The number of fused-ring (bicyclic) bond motifs is 19. The molecular weight excluding hydrogens is 711 g/mol. The third kappa shape index (κ3) is 4.14. The maximum absolute atomic E-state index is 2.56. The number of anilines is 3. The Kier molecular flexibility index (Phi) is 6.50. The number of rotatable bonds is 3. The Morgan fingerprint density at radius 1 is 0.305 bits per heavy atom. The van der Waals surface area contributed by atoms with Crippen molar-refractivity contribution in [2.45, 2.75) is 24.7 Å². The Morgan fingerprint density at radius 2 is 0.712 bits per heavy atom. The minimum absolute atomic E-state index is 0.203. The average Bonchev–Trinajstić information content (AvgIpc) is 3.85. The first-order valence-corrected chi connectivity index (χ1v) is 20.9. The highest BCUT2D eigenvalue weighted by atomic mass is 15.1. The van der Waals surface area contributed by atoms with Crippen LogP contribution in [-0.2, 0) is 10.8 Å². The zero-order valence-electron chi connectivity index (χ0n) is 33.0. The van der Waals surface area contributed by atoms with Crippen molar-refractivity contribution >= 4 is 49.4 Å². The zero-order valence-corrected chi connectivity index (χ0v) is 33.0. The minimum atomic E-state index is -0.386. The zero-order chi connectivity index (χ0) is 39.0. The SMILES string of the molecule is CC1(C)c2ccccc2-c2cccc(N(c3ccc4c(c3)-c3ccccc3C43c4ccccc4-c4ccccc43)c3ccc4c5ccccc5c5ccccc5c4c3)c21. The van der Waals surface area contributed by atoms with E-state index in [1.165, 1.54) is 105 Å². The second-order valence-corrected chi connectivity index (χ2v) is 17.1. The van der Waals surface area contributed by atoms with Crippen molar-refractivity contribution in [3.05, 3.63) is 234 Å². The van der Waals surface area contributed by atoms with Crippen LogP contribution in [0.15, 0.2) is 200 Å². The molecule has 0 aliphatic heterocycles. The van der Waals surface area contributed by atoms with E-state index in [1.807, 2.05) is 0 Å². The highest BCUT2D eigenvalue weighted by Crippen LogP contribution is 2.63. The number of benzene rings is 10. The Morgan fingerprint density at radius 3 is 1.31 bits per heavy atom. The molecule has 0 radical (unpaired) electrons. The fourth-order valence-corrected chi connectivity index (χ4v) is 11.7. The molecule has 1 spiro atoms. The van der Waals surface area contributed by atoms with Gasteiger partial charge in [-0.2, -0.15) is 0 Å². The molecule has 13 rings (SSSR count). The van der Waals surface area contributed by atoms with E-state index in [-0.39, 0.29) is 10.8 Å². The second kappa shape index (κ2) is 11.7. The van der Waals surface area contributed by atoms with Gasteiger partial charge in [0.1, 0.15) is 0 Å². The lowest BCUT2D eigenvalue weighted by Gasteiger charge is -2.33. The Bertz CT molecular complexity index is 3360. The number of nitrogens with zero attached hydrogens (tertiary/aromatic N) is 1. The molecule has 0 aromatic heterocycles. The van der Waals surface area contributed by atoms with Crippen LogP contribution in [0.25, 0.3) is 65.7 Å². The molecule has 0 amide bonds. The molecule has 0 N–H and O–H groups in total. The predicted molar refractivity (Wildman–Crippen MR) is 248 cm³/mol. The molecule has 3 aliphatic carbocycles. The predicted octanol–water partition coefficient (Wildman–Crippen LogP) is 15.3. The quantitative estimate of drug-likeness (QED) is 0.163. The summed E-state index contributed by atoms with van der Waals surface area (Å²) in [4.78, 5) is 2.56. The molecule has 10 aromatic carbocycles. The van der Waals surface area contributed by atoms with Crippen molar-refractivity contribution in [3.63, 3.8) is 0 Å². The minimum Gasteiger partial charge on any atom is -0.310 e. The summed E-state index contributed by atoms with van der Waals surface area (Å²) in [6.07, 6.45) is 0. The summed E-state index contributed by atoms with van der Waals surface area (Å²) in [7, 11) is 0. The van der Waals surface area contributed by atoms with Gasteiger partial charge in [0.15, 0.2) is 0 Å². The number of hydrogen-bond acceptors (Lipinski definition) is 1. The van der Waals surface area contributed by atoms with Gasteiger partial charge in [0.05, 0.1) is 11.1 Å². The maximum Gasteiger partial charge on any atom is 0.0725 e. The lowest BCUT2D eigenvalue weighted by molar-refractivity contribution is 0.661. The van der Waals surface area contributed by atoms with E-state index < -0.39 is 0 Å². The van der Waals surface area contributed by atoms with Crippen molar-refractivity contribution < 1.29 is 0 Å². The molecule has 0 saturated carbocycles. The van der Waals surface area contributed by atoms with E-state index in [0.29, 0.717) is 0 Å². The number of hydrogen-bond donors (Lipinski definition) is 0. The van der Waals surface area contributed by atoms with Crippen molar-refractivity contribution in [2.75, 3.05) is 4.90 Å². The molecule has 0 atom stereocenters. The van der Waals surface area contributed by atoms with Crippen LogP contribution in [0.3, 0.4) is 0 Å². The summed E-state index contributed by atoms with van der Waals surface area (Å²) in [5.41, 5.74) is 19.0. The van der Waals surface area contributed by atoms with Gasteiger partial charge in [0.2, 0.25) is 0 Å². The van der Waals surface area contributed by atoms with Crippen molar-refractivity contribution in [1.29, 1.82) is 0 Å². The van der Waals surface area contributed by atoms with Gasteiger partial charge in [-0.15, -0.1) is 0 Å². The average molecular weight is 750 g/mol. The van der Waals surface area contributed by atoms with Gasteiger partial charge < -0.3 is 4.90 Å². The van der Waals surface area contributed by atoms with Gasteiger partial charge >= 0.3 is 0 Å². The van der Waals surface area contributed by atoms with E-state index in [9.17, 15) is 0 Å². The fourth-order valence-electron chi connectivity index (χ4n) is 11.7. The van der Waals surface area contributed by atoms with Crippen molar-refractivity contribution in [2.24, 2.45) is 0 Å². The van der Waals surface area contributed by atoms with E-state index in [2.05, 4.69) is 219 Å². The summed E-state index contributed by atoms with van der Waals surface area (Å²) in [5.74, 6) is 0. The van der Waals surface area contributed by atoms with Crippen molar-refractivity contribution in [1.82, 2.24) is 0 Å². The van der Waals surface area contributed by atoms with E-state index >= 15 is 0 Å². The van der Waals surface area contributed by atoms with E-state index in [1.54, 1.807) is 0 Å². The summed E-state index contributed by atoms with van der Waals surface area (Å²) < 4.78 is 0. The van der Waals surface area contributed by atoms with Gasteiger partial charge in [-0.1, -0.05) is 184 Å². The third-order valence-electron chi connectivity index (χ3n) is 14.0. The lowest BCUT2D eigenvalue weighted by atomic mass is 9.70. The van der Waals surface area contributed by atoms with E-state index in [0.717, 1.165) is 11.4 Å². The largest absolute Gasteiger partial charge is 0.310 e. The summed E-state index contributed by atoms with van der Waals surface area (Å²) >= 11 is 0. The monoisotopic (exact) mass is 749 g/mol. The van der Waals surface area contributed by atoms with Crippen LogP contribution in [0.1, 0.15) is 47.2 Å². The smallest absolute Gasteiger partial charge is 0.0725 e. The third-order valence-corrected chi connectivity index (χ3v) is 14.0. The van der Waals surface area contributed by atoms with Crippen LogP contribution in [0.4, 0.5) is 17.1 Å². The summed E-state index contributed by atoms with van der Waals surface area (Å²) in [5, 5.41) is 7.68. The van der Waals surface area contributed by atoms with Crippen LogP contribution in [0.2, 0.25) is 0 Å². The molecule has 10 aromatic rings. The molecule has 276 valence electrons. The fraction of sp³-hybridized carbons (Fsp3) is 0.0690. The van der Waals surface area contributed by atoms with Crippen LogP contribution in [-0.4, -0.2) is 0 Å². The molecule has 1 heteroatoms. The van der Waals surface area contributed by atoms with Gasteiger partial charge in [0.25, 0.3) is 0 Å². The first kappa shape index (κ1) is 32.8. The van der Waals surface area contributed by atoms with Gasteiger partial charge in [0, 0.05) is 16.8 Å². The molecule has 0 heterocycles. The van der Waals surface area contributed by atoms with E-state index in [4.69, 9.17) is 0 Å².